The fraction of sp³-hybridized carbons (Fsp3) is 0.524. The molecule has 6 heteroatoms. The first-order valence-corrected chi connectivity index (χ1v) is 9.95. The molecule has 1 amide bonds. The van der Waals surface area contributed by atoms with Crippen molar-refractivity contribution in [3.8, 4) is 0 Å². The van der Waals surface area contributed by atoms with E-state index in [4.69, 9.17) is 4.74 Å². The molecular weight excluding hydrogens is 340 g/mol. The zero-order valence-corrected chi connectivity index (χ0v) is 16.2. The number of hydrogen-bond acceptors (Lipinski definition) is 4. The van der Waals surface area contributed by atoms with Gasteiger partial charge in [-0.3, -0.25) is 14.4 Å². The number of carbonyl (C=O) groups is 1. The monoisotopic (exact) mass is 370 g/mol. The number of morpholine rings is 1. The minimum absolute atomic E-state index is 0.0162. The van der Waals surface area contributed by atoms with Gasteiger partial charge in [0.25, 0.3) is 5.91 Å². The highest BCUT2D eigenvalue weighted by Crippen LogP contribution is 2.12. The second-order valence-electron chi connectivity index (χ2n) is 6.92. The zero-order valence-electron chi connectivity index (χ0n) is 16.2. The van der Waals surface area contributed by atoms with E-state index in [2.05, 4.69) is 34.4 Å². The maximum Gasteiger partial charge on any atom is 0.254 e. The standard InChI is InChI=1S/C21H30N4O2/c1-2-20-19(16-23-25(20)17-18-8-4-3-5-9-18)21(26)22-10-6-7-11-24-12-14-27-15-13-24/h3-5,8-9,16H,2,6-7,10-15,17H2,1H3,(H,22,26). The summed E-state index contributed by atoms with van der Waals surface area (Å²) in [7, 11) is 0. The van der Waals surface area contributed by atoms with Crippen LogP contribution in [0.2, 0.25) is 0 Å². The molecule has 2 heterocycles. The molecule has 6 nitrogen and oxygen atoms in total. The van der Waals surface area contributed by atoms with E-state index in [1.54, 1.807) is 6.20 Å². The number of unbranched alkanes of at least 4 members (excludes halogenated alkanes) is 1. The minimum Gasteiger partial charge on any atom is -0.379 e. The van der Waals surface area contributed by atoms with Crippen LogP contribution < -0.4 is 5.32 Å². The van der Waals surface area contributed by atoms with Crippen molar-refractivity contribution in [2.45, 2.75) is 32.7 Å². The van der Waals surface area contributed by atoms with Gasteiger partial charge in [-0.1, -0.05) is 37.3 Å². The summed E-state index contributed by atoms with van der Waals surface area (Å²) in [5.74, 6) is -0.0162. The summed E-state index contributed by atoms with van der Waals surface area (Å²) in [5.41, 5.74) is 2.87. The fourth-order valence-electron chi connectivity index (χ4n) is 3.45. The molecule has 1 aliphatic heterocycles. The Bertz CT molecular complexity index is 708. The van der Waals surface area contributed by atoms with Crippen LogP contribution in [0.4, 0.5) is 0 Å². The number of hydrogen-bond donors (Lipinski definition) is 1. The van der Waals surface area contributed by atoms with Crippen LogP contribution in [0.5, 0.6) is 0 Å². The summed E-state index contributed by atoms with van der Waals surface area (Å²) in [5, 5.41) is 7.50. The number of nitrogens with one attached hydrogen (secondary N) is 1. The third kappa shape index (κ3) is 5.65. The van der Waals surface area contributed by atoms with Gasteiger partial charge in [0.05, 0.1) is 37.2 Å². The van der Waals surface area contributed by atoms with E-state index in [0.717, 1.165) is 57.8 Å². The van der Waals surface area contributed by atoms with Gasteiger partial charge < -0.3 is 10.1 Å². The predicted molar refractivity (Wildman–Crippen MR) is 106 cm³/mol. The molecule has 0 atom stereocenters. The van der Waals surface area contributed by atoms with E-state index in [0.29, 0.717) is 18.7 Å². The number of aromatic nitrogens is 2. The van der Waals surface area contributed by atoms with E-state index >= 15 is 0 Å². The van der Waals surface area contributed by atoms with Crippen LogP contribution >= 0.6 is 0 Å². The molecule has 3 rings (SSSR count). The molecule has 146 valence electrons. The van der Waals surface area contributed by atoms with Gasteiger partial charge in [0.15, 0.2) is 0 Å². The number of nitrogens with zero attached hydrogens (tertiary/aromatic N) is 3. The molecule has 0 bridgehead atoms. The first-order valence-electron chi connectivity index (χ1n) is 9.95. The third-order valence-corrected chi connectivity index (χ3v) is 4.99. The summed E-state index contributed by atoms with van der Waals surface area (Å²) in [4.78, 5) is 15.0. The smallest absolute Gasteiger partial charge is 0.254 e. The highest BCUT2D eigenvalue weighted by atomic mass is 16.5. The molecular formula is C21H30N4O2. The van der Waals surface area contributed by atoms with Crippen molar-refractivity contribution in [2.24, 2.45) is 0 Å². The maximum atomic E-state index is 12.6. The lowest BCUT2D eigenvalue weighted by Crippen LogP contribution is -2.37. The fourth-order valence-corrected chi connectivity index (χ4v) is 3.45. The first-order chi connectivity index (χ1) is 13.3. The number of amides is 1. The molecule has 0 aliphatic carbocycles. The van der Waals surface area contributed by atoms with Crippen LogP contribution in [0.1, 0.15) is 41.4 Å². The number of ether oxygens (including phenoxy) is 1. The largest absolute Gasteiger partial charge is 0.379 e. The van der Waals surface area contributed by atoms with Gasteiger partial charge in [0.2, 0.25) is 0 Å². The van der Waals surface area contributed by atoms with Gasteiger partial charge in [0.1, 0.15) is 0 Å². The van der Waals surface area contributed by atoms with Crippen LogP contribution in [-0.4, -0.2) is 60.0 Å². The van der Waals surface area contributed by atoms with E-state index in [1.807, 2.05) is 22.9 Å². The van der Waals surface area contributed by atoms with Crippen molar-refractivity contribution >= 4 is 5.91 Å². The second-order valence-corrected chi connectivity index (χ2v) is 6.92. The van der Waals surface area contributed by atoms with Crippen LogP contribution in [0, 0.1) is 0 Å². The molecule has 0 saturated carbocycles. The molecule has 0 radical (unpaired) electrons. The first kappa shape index (κ1) is 19.6. The van der Waals surface area contributed by atoms with Gasteiger partial charge in [0, 0.05) is 19.6 Å². The highest BCUT2D eigenvalue weighted by Gasteiger charge is 2.16. The Labute approximate surface area is 161 Å². The Morgan fingerprint density at radius 3 is 2.70 bits per heavy atom. The second kappa shape index (κ2) is 10.2. The topological polar surface area (TPSA) is 59.4 Å². The molecule has 1 fully saturated rings. The van der Waals surface area contributed by atoms with Gasteiger partial charge in [-0.25, -0.2) is 0 Å². The molecule has 2 aromatic rings. The molecule has 1 N–H and O–H groups in total. The Balaban J connectivity index is 1.46. The van der Waals surface area contributed by atoms with Gasteiger partial charge >= 0.3 is 0 Å². The molecule has 1 aromatic carbocycles. The summed E-state index contributed by atoms with van der Waals surface area (Å²) < 4.78 is 7.30. The summed E-state index contributed by atoms with van der Waals surface area (Å²) >= 11 is 0. The van der Waals surface area contributed by atoms with E-state index in [-0.39, 0.29) is 5.91 Å². The van der Waals surface area contributed by atoms with Crippen molar-refractivity contribution < 1.29 is 9.53 Å². The quantitative estimate of drug-likeness (QED) is 0.689. The lowest BCUT2D eigenvalue weighted by Gasteiger charge is -2.26. The predicted octanol–water partition coefficient (Wildman–Crippen LogP) is 2.34. The van der Waals surface area contributed by atoms with Crippen LogP contribution in [0.25, 0.3) is 0 Å². The molecule has 1 aliphatic rings. The van der Waals surface area contributed by atoms with E-state index in [1.165, 1.54) is 5.56 Å². The Hall–Kier alpha value is -2.18. The number of rotatable bonds is 9. The van der Waals surface area contributed by atoms with Crippen molar-refractivity contribution in [1.29, 1.82) is 0 Å². The molecule has 0 unspecified atom stereocenters. The highest BCUT2D eigenvalue weighted by molar-refractivity contribution is 5.95. The molecule has 27 heavy (non-hydrogen) atoms. The summed E-state index contributed by atoms with van der Waals surface area (Å²) in [6.07, 6.45) is 4.56. The van der Waals surface area contributed by atoms with Crippen molar-refractivity contribution in [3.63, 3.8) is 0 Å². The average Bonchev–Trinajstić information content (AvgIpc) is 3.11. The van der Waals surface area contributed by atoms with E-state index in [9.17, 15) is 4.79 Å². The molecule has 1 aromatic heterocycles. The lowest BCUT2D eigenvalue weighted by atomic mass is 10.1. The van der Waals surface area contributed by atoms with Gasteiger partial charge in [-0.05, 0) is 31.4 Å². The molecule has 1 saturated heterocycles. The van der Waals surface area contributed by atoms with Crippen molar-refractivity contribution in [1.82, 2.24) is 20.0 Å². The van der Waals surface area contributed by atoms with Crippen LogP contribution in [0.3, 0.4) is 0 Å². The van der Waals surface area contributed by atoms with Crippen LogP contribution in [0.15, 0.2) is 36.5 Å². The SMILES string of the molecule is CCc1c(C(=O)NCCCCN2CCOCC2)cnn1Cc1ccccc1. The normalized spacial score (nSPS) is 15.0. The molecule has 0 spiro atoms. The third-order valence-electron chi connectivity index (χ3n) is 4.99. The van der Waals surface area contributed by atoms with Crippen LogP contribution in [-0.2, 0) is 17.7 Å². The Kier molecular flexibility index (Phi) is 7.42. The minimum atomic E-state index is -0.0162. The maximum absolute atomic E-state index is 12.6. The zero-order chi connectivity index (χ0) is 18.9. The Morgan fingerprint density at radius 2 is 1.96 bits per heavy atom. The number of benzene rings is 1. The van der Waals surface area contributed by atoms with E-state index < -0.39 is 0 Å². The van der Waals surface area contributed by atoms with Gasteiger partial charge in [-0.15, -0.1) is 0 Å². The average molecular weight is 370 g/mol. The number of carbonyl (C=O) groups excluding carboxylic acids is 1. The summed E-state index contributed by atoms with van der Waals surface area (Å²) in [6, 6.07) is 10.2. The van der Waals surface area contributed by atoms with Gasteiger partial charge in [-0.2, -0.15) is 5.10 Å². The Morgan fingerprint density at radius 1 is 1.19 bits per heavy atom. The lowest BCUT2D eigenvalue weighted by molar-refractivity contribution is 0.0372. The van der Waals surface area contributed by atoms with Crippen molar-refractivity contribution in [3.05, 3.63) is 53.3 Å². The summed E-state index contributed by atoms with van der Waals surface area (Å²) in [6.45, 7) is 8.26. The van der Waals surface area contributed by atoms with Crippen molar-refractivity contribution in [2.75, 3.05) is 39.4 Å².